The summed E-state index contributed by atoms with van der Waals surface area (Å²) in [5, 5.41) is 29.8. The Balaban J connectivity index is 1.71. The zero-order valence-corrected chi connectivity index (χ0v) is 16.2. The lowest BCUT2D eigenvalue weighted by molar-refractivity contribution is 0.269. The van der Waals surface area contributed by atoms with Crippen molar-refractivity contribution in [1.29, 1.82) is 5.26 Å². The van der Waals surface area contributed by atoms with Crippen LogP contribution in [0.2, 0.25) is 0 Å². The minimum absolute atomic E-state index is 0.00440. The third-order valence-electron chi connectivity index (χ3n) is 4.76. The van der Waals surface area contributed by atoms with Crippen LogP contribution in [-0.4, -0.2) is 38.3 Å². The molecule has 0 aliphatic heterocycles. The van der Waals surface area contributed by atoms with Gasteiger partial charge in [0.1, 0.15) is 17.7 Å². The molecule has 0 atom stereocenters. The van der Waals surface area contributed by atoms with Crippen molar-refractivity contribution in [1.82, 2.24) is 19.6 Å². The Kier molecular flexibility index (Phi) is 5.28. The van der Waals surface area contributed by atoms with Crippen LogP contribution < -0.4 is 5.32 Å². The van der Waals surface area contributed by atoms with Crippen molar-refractivity contribution in [2.24, 2.45) is 0 Å². The molecule has 2 heterocycles. The van der Waals surface area contributed by atoms with Gasteiger partial charge in [-0.15, -0.1) is 5.10 Å². The van der Waals surface area contributed by atoms with Gasteiger partial charge in [0.2, 0.25) is 0 Å². The van der Waals surface area contributed by atoms with E-state index in [4.69, 9.17) is 10.4 Å². The van der Waals surface area contributed by atoms with Gasteiger partial charge < -0.3 is 10.4 Å². The first-order chi connectivity index (χ1) is 14.6. The van der Waals surface area contributed by atoms with E-state index in [0.717, 1.165) is 16.8 Å². The SMILES string of the molecule is CNc1cc(-c2ccc(C#N)c(F)c2)n(-c2ccc(-c3cnn(CCO)c3)cc2)n1. The second-order valence-electron chi connectivity index (χ2n) is 6.65. The number of nitrogens with one attached hydrogen (secondary N) is 1. The van der Waals surface area contributed by atoms with Gasteiger partial charge in [0.25, 0.3) is 0 Å². The lowest BCUT2D eigenvalue weighted by atomic mass is 10.1. The van der Waals surface area contributed by atoms with Crippen LogP contribution >= 0.6 is 0 Å². The van der Waals surface area contributed by atoms with Crippen LogP contribution in [0.15, 0.2) is 60.9 Å². The molecule has 0 saturated heterocycles. The molecule has 8 heteroatoms. The molecule has 0 unspecified atom stereocenters. The molecule has 150 valence electrons. The average Bonchev–Trinajstić information content (AvgIpc) is 3.41. The Labute approximate surface area is 172 Å². The van der Waals surface area contributed by atoms with Crippen LogP contribution in [0, 0.1) is 17.1 Å². The van der Waals surface area contributed by atoms with Crippen LogP contribution in [0.4, 0.5) is 10.2 Å². The van der Waals surface area contributed by atoms with Gasteiger partial charge in [-0.1, -0.05) is 18.2 Å². The molecule has 0 spiro atoms. The van der Waals surface area contributed by atoms with E-state index in [2.05, 4.69) is 15.5 Å². The van der Waals surface area contributed by atoms with Crippen molar-refractivity contribution >= 4 is 5.82 Å². The largest absolute Gasteiger partial charge is 0.394 e. The first-order valence-corrected chi connectivity index (χ1v) is 9.35. The maximum atomic E-state index is 14.2. The summed E-state index contributed by atoms with van der Waals surface area (Å²) in [7, 11) is 1.77. The van der Waals surface area contributed by atoms with E-state index in [1.807, 2.05) is 42.6 Å². The minimum Gasteiger partial charge on any atom is -0.394 e. The molecule has 30 heavy (non-hydrogen) atoms. The lowest BCUT2D eigenvalue weighted by Gasteiger charge is -2.09. The lowest BCUT2D eigenvalue weighted by Crippen LogP contribution is -2.01. The monoisotopic (exact) mass is 402 g/mol. The van der Waals surface area contributed by atoms with Gasteiger partial charge in [0, 0.05) is 30.4 Å². The van der Waals surface area contributed by atoms with Crippen molar-refractivity contribution in [2.45, 2.75) is 6.54 Å². The molecule has 7 nitrogen and oxygen atoms in total. The molecule has 0 radical (unpaired) electrons. The highest BCUT2D eigenvalue weighted by molar-refractivity contribution is 5.68. The third kappa shape index (κ3) is 3.66. The number of hydrogen-bond donors (Lipinski definition) is 2. The smallest absolute Gasteiger partial charge is 0.148 e. The highest BCUT2D eigenvalue weighted by Gasteiger charge is 2.14. The topological polar surface area (TPSA) is 91.7 Å². The molecule has 2 aromatic carbocycles. The summed E-state index contributed by atoms with van der Waals surface area (Å²) in [5.74, 6) is 0.0770. The van der Waals surface area contributed by atoms with Crippen LogP contribution in [0.3, 0.4) is 0 Å². The molecule has 0 bridgehead atoms. The number of aliphatic hydroxyl groups excluding tert-OH is 1. The average molecular weight is 402 g/mol. The number of halogens is 1. The number of anilines is 1. The van der Waals surface area contributed by atoms with Gasteiger partial charge in [-0.3, -0.25) is 4.68 Å². The molecule has 2 aromatic heterocycles. The summed E-state index contributed by atoms with van der Waals surface area (Å²) in [6.07, 6.45) is 3.63. The van der Waals surface area contributed by atoms with Crippen LogP contribution in [-0.2, 0) is 6.54 Å². The molecule has 0 fully saturated rings. The number of rotatable bonds is 6. The van der Waals surface area contributed by atoms with E-state index < -0.39 is 5.82 Å². The van der Waals surface area contributed by atoms with Gasteiger partial charge in [0.05, 0.1) is 36.3 Å². The van der Waals surface area contributed by atoms with Crippen LogP contribution in [0.25, 0.3) is 28.1 Å². The van der Waals surface area contributed by atoms with Gasteiger partial charge >= 0.3 is 0 Å². The summed E-state index contributed by atoms with van der Waals surface area (Å²) < 4.78 is 17.6. The Morgan fingerprint density at radius 3 is 2.53 bits per heavy atom. The molecule has 0 aliphatic rings. The summed E-state index contributed by atoms with van der Waals surface area (Å²) in [5.41, 5.74) is 4.06. The Bertz CT molecular complexity index is 1220. The second-order valence-corrected chi connectivity index (χ2v) is 6.65. The Morgan fingerprint density at radius 2 is 1.87 bits per heavy atom. The van der Waals surface area contributed by atoms with Gasteiger partial charge in [-0.05, 0) is 29.8 Å². The summed E-state index contributed by atoms with van der Waals surface area (Å²) in [6.45, 7) is 0.481. The molecule has 0 amide bonds. The predicted octanol–water partition coefficient (Wildman–Crippen LogP) is 3.45. The van der Waals surface area contributed by atoms with E-state index in [1.54, 1.807) is 28.7 Å². The predicted molar refractivity (Wildman–Crippen MR) is 112 cm³/mol. The second kappa shape index (κ2) is 8.19. The van der Waals surface area contributed by atoms with Crippen molar-refractivity contribution in [3.63, 3.8) is 0 Å². The first-order valence-electron chi connectivity index (χ1n) is 9.35. The van der Waals surface area contributed by atoms with E-state index in [0.29, 0.717) is 23.6 Å². The molecular weight excluding hydrogens is 383 g/mol. The number of aliphatic hydroxyl groups is 1. The minimum atomic E-state index is -0.566. The highest BCUT2D eigenvalue weighted by Crippen LogP contribution is 2.28. The standard InChI is InChI=1S/C22H19FN6O/c1-25-22-11-21(16-2-3-17(12-24)20(23)10-16)29(27-22)19-6-4-15(5-7-19)18-13-26-28(14-18)8-9-30/h2-7,10-11,13-14,30H,8-9H2,1H3,(H,25,27). The summed E-state index contributed by atoms with van der Waals surface area (Å²) in [6, 6.07) is 15.9. The summed E-state index contributed by atoms with van der Waals surface area (Å²) >= 11 is 0. The Morgan fingerprint density at radius 1 is 1.10 bits per heavy atom. The van der Waals surface area contributed by atoms with E-state index >= 15 is 0 Å². The van der Waals surface area contributed by atoms with Crippen molar-refractivity contribution in [3.8, 4) is 34.1 Å². The molecule has 0 saturated carbocycles. The van der Waals surface area contributed by atoms with Gasteiger partial charge in [0.15, 0.2) is 0 Å². The Hall–Kier alpha value is -3.96. The highest BCUT2D eigenvalue weighted by atomic mass is 19.1. The molecular formula is C22H19FN6O. The zero-order valence-electron chi connectivity index (χ0n) is 16.2. The normalized spacial score (nSPS) is 10.7. The van der Waals surface area contributed by atoms with Crippen molar-refractivity contribution in [3.05, 3.63) is 72.3 Å². The third-order valence-corrected chi connectivity index (χ3v) is 4.76. The number of hydrogen-bond acceptors (Lipinski definition) is 5. The van der Waals surface area contributed by atoms with E-state index in [9.17, 15) is 4.39 Å². The number of nitriles is 1. The van der Waals surface area contributed by atoms with Crippen molar-refractivity contribution in [2.75, 3.05) is 19.0 Å². The van der Waals surface area contributed by atoms with Crippen LogP contribution in [0.1, 0.15) is 5.56 Å². The fraction of sp³-hybridized carbons (Fsp3) is 0.136. The van der Waals surface area contributed by atoms with Gasteiger partial charge in [-0.2, -0.15) is 10.4 Å². The molecule has 4 rings (SSSR count). The fourth-order valence-corrected chi connectivity index (χ4v) is 3.20. The quantitative estimate of drug-likeness (QED) is 0.515. The van der Waals surface area contributed by atoms with E-state index in [1.165, 1.54) is 12.1 Å². The van der Waals surface area contributed by atoms with Crippen LogP contribution in [0.5, 0.6) is 0 Å². The van der Waals surface area contributed by atoms with Gasteiger partial charge in [-0.25, -0.2) is 9.07 Å². The maximum absolute atomic E-state index is 14.2. The zero-order chi connectivity index (χ0) is 21.1. The molecule has 4 aromatic rings. The van der Waals surface area contributed by atoms with Crippen molar-refractivity contribution < 1.29 is 9.50 Å². The number of nitrogens with zero attached hydrogens (tertiary/aromatic N) is 5. The molecule has 0 aliphatic carbocycles. The maximum Gasteiger partial charge on any atom is 0.148 e. The first kappa shape index (κ1) is 19.4. The van der Waals surface area contributed by atoms with E-state index in [-0.39, 0.29) is 12.2 Å². The number of aromatic nitrogens is 4. The molecule has 2 N–H and O–H groups in total. The number of benzene rings is 2. The fourth-order valence-electron chi connectivity index (χ4n) is 3.20. The summed E-state index contributed by atoms with van der Waals surface area (Å²) in [4.78, 5) is 0.